The van der Waals surface area contributed by atoms with Gasteiger partial charge in [0.25, 0.3) is 0 Å². The van der Waals surface area contributed by atoms with Gasteiger partial charge in [-0.25, -0.2) is 0 Å². The molecule has 98 valence electrons. The van der Waals surface area contributed by atoms with Crippen molar-refractivity contribution in [3.63, 3.8) is 0 Å². The second-order valence-electron chi connectivity index (χ2n) is 4.28. The molecule has 4 nitrogen and oxygen atoms in total. The lowest BCUT2D eigenvalue weighted by atomic mass is 10.1. The Labute approximate surface area is 108 Å². The lowest BCUT2D eigenvalue weighted by Gasteiger charge is -2.23. The second kappa shape index (κ2) is 8.65. The van der Waals surface area contributed by atoms with E-state index in [1.165, 1.54) is 5.56 Å². The van der Waals surface area contributed by atoms with Crippen molar-refractivity contribution in [2.75, 3.05) is 26.2 Å². The molecule has 18 heavy (non-hydrogen) atoms. The van der Waals surface area contributed by atoms with Gasteiger partial charge in [-0.15, -0.1) is 0 Å². The third-order valence-corrected chi connectivity index (χ3v) is 2.78. The standard InChI is InChI=1S/C14H20N2O2/c15-8-4-9-16(11-14(18)12-17)10-7-13-5-2-1-3-6-13/h1-3,5-6,14,17-18H,4,7,9-12H2. The van der Waals surface area contributed by atoms with Crippen molar-refractivity contribution in [1.82, 2.24) is 4.90 Å². The molecule has 0 amide bonds. The minimum absolute atomic E-state index is 0.242. The summed E-state index contributed by atoms with van der Waals surface area (Å²) in [5, 5.41) is 26.9. The summed E-state index contributed by atoms with van der Waals surface area (Å²) in [7, 11) is 0. The number of nitriles is 1. The zero-order valence-corrected chi connectivity index (χ0v) is 10.5. The molecule has 0 heterocycles. The van der Waals surface area contributed by atoms with Gasteiger partial charge in [0.15, 0.2) is 0 Å². The summed E-state index contributed by atoms with van der Waals surface area (Å²) in [6, 6.07) is 12.2. The third-order valence-electron chi connectivity index (χ3n) is 2.78. The summed E-state index contributed by atoms with van der Waals surface area (Å²) in [5.41, 5.74) is 1.23. The van der Waals surface area contributed by atoms with Crippen molar-refractivity contribution >= 4 is 0 Å². The first kappa shape index (κ1) is 14.7. The highest BCUT2D eigenvalue weighted by molar-refractivity contribution is 5.14. The first-order chi connectivity index (χ1) is 8.76. The average Bonchev–Trinajstić information content (AvgIpc) is 2.42. The van der Waals surface area contributed by atoms with E-state index in [2.05, 4.69) is 18.2 Å². The Morgan fingerprint density at radius 2 is 1.94 bits per heavy atom. The molecule has 0 saturated heterocycles. The van der Waals surface area contributed by atoms with Crippen molar-refractivity contribution < 1.29 is 10.2 Å². The van der Waals surface area contributed by atoms with E-state index in [-0.39, 0.29) is 6.61 Å². The van der Waals surface area contributed by atoms with Crippen LogP contribution in [-0.4, -0.2) is 47.5 Å². The van der Waals surface area contributed by atoms with Crippen molar-refractivity contribution in [2.45, 2.75) is 18.9 Å². The highest BCUT2D eigenvalue weighted by Crippen LogP contribution is 2.03. The van der Waals surface area contributed by atoms with Gasteiger partial charge in [0.2, 0.25) is 0 Å². The van der Waals surface area contributed by atoms with Crippen LogP contribution >= 0.6 is 0 Å². The molecule has 1 unspecified atom stereocenters. The SMILES string of the molecule is N#CCCN(CCc1ccccc1)CC(O)CO. The van der Waals surface area contributed by atoms with E-state index in [1.54, 1.807) is 0 Å². The Morgan fingerprint density at radius 3 is 2.56 bits per heavy atom. The maximum atomic E-state index is 9.45. The number of aliphatic hydroxyl groups excluding tert-OH is 2. The van der Waals surface area contributed by atoms with Crippen molar-refractivity contribution in [1.29, 1.82) is 5.26 Å². The maximum absolute atomic E-state index is 9.45. The summed E-state index contributed by atoms with van der Waals surface area (Å²) in [5.74, 6) is 0. The molecular weight excluding hydrogens is 228 g/mol. The number of hydrogen-bond acceptors (Lipinski definition) is 4. The fourth-order valence-corrected chi connectivity index (χ4v) is 1.79. The Morgan fingerprint density at radius 1 is 1.22 bits per heavy atom. The maximum Gasteiger partial charge on any atom is 0.0897 e. The molecule has 1 atom stereocenters. The molecule has 0 radical (unpaired) electrons. The van der Waals surface area contributed by atoms with Crippen LogP contribution in [-0.2, 0) is 6.42 Å². The first-order valence-corrected chi connectivity index (χ1v) is 6.18. The van der Waals surface area contributed by atoms with Crippen LogP contribution in [0.4, 0.5) is 0 Å². The van der Waals surface area contributed by atoms with E-state index < -0.39 is 6.10 Å². The molecule has 0 aliphatic carbocycles. The number of aliphatic hydroxyl groups is 2. The normalized spacial score (nSPS) is 12.3. The minimum Gasteiger partial charge on any atom is -0.394 e. The van der Waals surface area contributed by atoms with E-state index >= 15 is 0 Å². The fraction of sp³-hybridized carbons (Fsp3) is 0.500. The molecule has 0 aliphatic heterocycles. The molecule has 0 fully saturated rings. The molecule has 0 aliphatic rings. The first-order valence-electron chi connectivity index (χ1n) is 6.18. The lowest BCUT2D eigenvalue weighted by molar-refractivity contribution is 0.0600. The van der Waals surface area contributed by atoms with Gasteiger partial charge in [0, 0.05) is 26.1 Å². The van der Waals surface area contributed by atoms with Gasteiger partial charge in [0.05, 0.1) is 18.8 Å². The summed E-state index contributed by atoms with van der Waals surface area (Å²) < 4.78 is 0. The Balaban J connectivity index is 2.42. The Bertz CT molecular complexity index is 362. The zero-order chi connectivity index (χ0) is 13.2. The predicted octanol–water partition coefficient (Wildman–Crippen LogP) is 0.798. The quantitative estimate of drug-likeness (QED) is 0.714. The van der Waals surface area contributed by atoms with E-state index in [1.807, 2.05) is 23.1 Å². The summed E-state index contributed by atoms with van der Waals surface area (Å²) >= 11 is 0. The zero-order valence-electron chi connectivity index (χ0n) is 10.5. The predicted molar refractivity (Wildman–Crippen MR) is 69.9 cm³/mol. The van der Waals surface area contributed by atoms with Crippen molar-refractivity contribution in [3.05, 3.63) is 35.9 Å². The molecule has 0 spiro atoms. The summed E-state index contributed by atoms with van der Waals surface area (Å²) in [4.78, 5) is 2.01. The number of hydrogen-bond donors (Lipinski definition) is 2. The molecule has 0 saturated carbocycles. The topological polar surface area (TPSA) is 67.5 Å². The van der Waals surface area contributed by atoms with Crippen LogP contribution in [0.15, 0.2) is 30.3 Å². The highest BCUT2D eigenvalue weighted by atomic mass is 16.3. The van der Waals surface area contributed by atoms with E-state index in [9.17, 15) is 5.11 Å². The molecule has 1 rings (SSSR count). The van der Waals surface area contributed by atoms with Crippen LogP contribution in [0.5, 0.6) is 0 Å². The molecule has 2 N–H and O–H groups in total. The average molecular weight is 248 g/mol. The van der Waals surface area contributed by atoms with E-state index in [0.29, 0.717) is 19.5 Å². The van der Waals surface area contributed by atoms with Gasteiger partial charge < -0.3 is 10.2 Å². The van der Waals surface area contributed by atoms with Crippen molar-refractivity contribution in [2.24, 2.45) is 0 Å². The van der Waals surface area contributed by atoms with Crippen LogP contribution in [0, 0.1) is 11.3 Å². The van der Waals surface area contributed by atoms with E-state index in [4.69, 9.17) is 10.4 Å². The van der Waals surface area contributed by atoms with Crippen LogP contribution in [0.25, 0.3) is 0 Å². The number of rotatable bonds is 8. The van der Waals surface area contributed by atoms with Crippen LogP contribution in [0.3, 0.4) is 0 Å². The molecule has 1 aromatic carbocycles. The van der Waals surface area contributed by atoms with Gasteiger partial charge >= 0.3 is 0 Å². The smallest absolute Gasteiger partial charge is 0.0897 e. The second-order valence-corrected chi connectivity index (χ2v) is 4.28. The lowest BCUT2D eigenvalue weighted by Crippen LogP contribution is -2.36. The van der Waals surface area contributed by atoms with Gasteiger partial charge in [-0.3, -0.25) is 4.90 Å². The molecule has 0 bridgehead atoms. The van der Waals surface area contributed by atoms with Crippen molar-refractivity contribution in [3.8, 4) is 6.07 Å². The number of benzene rings is 1. The molecular formula is C14H20N2O2. The van der Waals surface area contributed by atoms with Gasteiger partial charge in [-0.1, -0.05) is 30.3 Å². The third kappa shape index (κ3) is 5.78. The Kier molecular flexibility index (Phi) is 7.04. The van der Waals surface area contributed by atoms with E-state index in [0.717, 1.165) is 13.0 Å². The molecule has 1 aromatic rings. The van der Waals surface area contributed by atoms with Crippen LogP contribution in [0.1, 0.15) is 12.0 Å². The highest BCUT2D eigenvalue weighted by Gasteiger charge is 2.10. The Hall–Kier alpha value is -1.41. The minimum atomic E-state index is -0.737. The summed E-state index contributed by atoms with van der Waals surface area (Å²) in [6.07, 6.45) is 0.580. The summed E-state index contributed by atoms with van der Waals surface area (Å²) in [6.45, 7) is 1.57. The van der Waals surface area contributed by atoms with Gasteiger partial charge in [-0.2, -0.15) is 5.26 Å². The number of nitrogens with zero attached hydrogens (tertiary/aromatic N) is 2. The van der Waals surface area contributed by atoms with Gasteiger partial charge in [-0.05, 0) is 12.0 Å². The largest absolute Gasteiger partial charge is 0.394 e. The van der Waals surface area contributed by atoms with Crippen LogP contribution < -0.4 is 0 Å². The monoisotopic (exact) mass is 248 g/mol. The molecule has 4 heteroatoms. The van der Waals surface area contributed by atoms with Crippen LogP contribution in [0.2, 0.25) is 0 Å². The molecule has 0 aromatic heterocycles. The van der Waals surface area contributed by atoms with Gasteiger partial charge in [0.1, 0.15) is 0 Å². The fourth-order valence-electron chi connectivity index (χ4n) is 1.79.